The van der Waals surface area contributed by atoms with Gasteiger partial charge in [-0.15, -0.1) is 0 Å². The molecule has 1 atom stereocenters. The fraction of sp³-hybridized carbons (Fsp3) is 0.250. The van der Waals surface area contributed by atoms with Crippen molar-refractivity contribution in [3.63, 3.8) is 0 Å². The zero-order valence-corrected chi connectivity index (χ0v) is 12.9. The Labute approximate surface area is 128 Å². The van der Waals surface area contributed by atoms with Gasteiger partial charge < -0.3 is 9.80 Å². The number of urea groups is 1. The first-order valence-corrected chi connectivity index (χ1v) is 7.59. The Balaban J connectivity index is 1.96. The quantitative estimate of drug-likeness (QED) is 0.853. The summed E-state index contributed by atoms with van der Waals surface area (Å²) in [6.07, 6.45) is 3.97. The van der Waals surface area contributed by atoms with Crippen LogP contribution < -0.4 is 0 Å². The summed E-state index contributed by atoms with van der Waals surface area (Å²) < 4.78 is 4.16. The summed E-state index contributed by atoms with van der Waals surface area (Å²) in [5.74, 6) is 0. The van der Waals surface area contributed by atoms with Crippen LogP contribution in [0.15, 0.2) is 48.7 Å². The molecule has 1 aromatic heterocycles. The van der Waals surface area contributed by atoms with Crippen LogP contribution in [0, 0.1) is 0 Å². The second kappa shape index (κ2) is 5.69. The van der Waals surface area contributed by atoms with Crippen LogP contribution in [0.25, 0.3) is 5.57 Å². The van der Waals surface area contributed by atoms with Gasteiger partial charge in [-0.05, 0) is 28.7 Å². The molecule has 0 radical (unpaired) electrons. The van der Waals surface area contributed by atoms with Crippen molar-refractivity contribution < 1.29 is 4.79 Å². The number of carbonyl (C=O) groups is 1. The average molecular weight is 299 g/mol. The van der Waals surface area contributed by atoms with E-state index in [0.29, 0.717) is 6.54 Å². The van der Waals surface area contributed by atoms with Gasteiger partial charge in [-0.1, -0.05) is 36.4 Å². The van der Waals surface area contributed by atoms with Crippen LogP contribution in [-0.4, -0.2) is 40.8 Å². The number of hydrogen-bond acceptors (Lipinski definition) is 3. The normalized spacial score (nSPS) is 17.7. The fourth-order valence-corrected chi connectivity index (χ4v) is 3.13. The first kappa shape index (κ1) is 13.8. The second-order valence-electron chi connectivity index (χ2n) is 5.23. The molecule has 0 saturated carbocycles. The van der Waals surface area contributed by atoms with Gasteiger partial charge in [0, 0.05) is 26.8 Å². The minimum Gasteiger partial charge on any atom is -0.331 e. The summed E-state index contributed by atoms with van der Waals surface area (Å²) in [5, 5.41) is 0. The summed E-state index contributed by atoms with van der Waals surface area (Å²) in [6.45, 7) is 0.624. The SMILES string of the molecule is CN(C)C(=O)N1CC(c2ccns2)=C[C@H]1c1ccccc1. The first-order chi connectivity index (χ1) is 10.2. The third-order valence-corrected chi connectivity index (χ3v) is 4.38. The Hall–Kier alpha value is -2.14. The van der Waals surface area contributed by atoms with Crippen molar-refractivity contribution in [2.75, 3.05) is 20.6 Å². The molecule has 0 spiro atoms. The van der Waals surface area contributed by atoms with Crippen molar-refractivity contribution in [1.29, 1.82) is 0 Å². The van der Waals surface area contributed by atoms with Gasteiger partial charge in [-0.25, -0.2) is 9.17 Å². The van der Waals surface area contributed by atoms with E-state index in [1.54, 1.807) is 25.2 Å². The van der Waals surface area contributed by atoms with Gasteiger partial charge in [0.25, 0.3) is 0 Å². The molecule has 21 heavy (non-hydrogen) atoms. The predicted molar refractivity (Wildman–Crippen MR) is 85.1 cm³/mol. The van der Waals surface area contributed by atoms with Crippen molar-refractivity contribution >= 4 is 23.1 Å². The monoisotopic (exact) mass is 299 g/mol. The number of aromatic nitrogens is 1. The molecule has 1 aliphatic heterocycles. The van der Waals surface area contributed by atoms with E-state index in [2.05, 4.69) is 22.6 Å². The average Bonchev–Trinajstić information content (AvgIpc) is 3.16. The van der Waals surface area contributed by atoms with Gasteiger partial charge in [-0.3, -0.25) is 0 Å². The Kier molecular flexibility index (Phi) is 3.75. The van der Waals surface area contributed by atoms with E-state index >= 15 is 0 Å². The van der Waals surface area contributed by atoms with Gasteiger partial charge in [0.2, 0.25) is 0 Å². The van der Waals surface area contributed by atoms with Crippen molar-refractivity contribution in [2.24, 2.45) is 0 Å². The van der Waals surface area contributed by atoms with Crippen LogP contribution in [0.4, 0.5) is 4.79 Å². The first-order valence-electron chi connectivity index (χ1n) is 6.81. The number of carbonyl (C=O) groups excluding carboxylic acids is 1. The molecule has 108 valence electrons. The van der Waals surface area contributed by atoms with Crippen molar-refractivity contribution in [1.82, 2.24) is 14.2 Å². The van der Waals surface area contributed by atoms with E-state index in [0.717, 1.165) is 10.4 Å². The van der Waals surface area contributed by atoms with Gasteiger partial charge in [0.05, 0.1) is 10.9 Å². The van der Waals surface area contributed by atoms with E-state index < -0.39 is 0 Å². The molecule has 1 aliphatic rings. The van der Waals surface area contributed by atoms with E-state index in [4.69, 9.17) is 0 Å². The highest BCUT2D eigenvalue weighted by Gasteiger charge is 2.31. The molecule has 0 bridgehead atoms. The maximum absolute atomic E-state index is 12.5. The Morgan fingerprint density at radius 1 is 1.29 bits per heavy atom. The van der Waals surface area contributed by atoms with Crippen molar-refractivity contribution in [3.05, 3.63) is 59.1 Å². The predicted octanol–water partition coefficient (Wildman–Crippen LogP) is 3.27. The molecular formula is C16H17N3OS. The lowest BCUT2D eigenvalue weighted by Crippen LogP contribution is -2.39. The van der Waals surface area contributed by atoms with Gasteiger partial charge >= 0.3 is 6.03 Å². The molecule has 0 aliphatic carbocycles. The zero-order valence-electron chi connectivity index (χ0n) is 12.1. The number of hydrogen-bond donors (Lipinski definition) is 0. The molecule has 5 heteroatoms. The fourth-order valence-electron chi connectivity index (χ4n) is 2.53. The highest BCUT2D eigenvalue weighted by molar-refractivity contribution is 7.07. The van der Waals surface area contributed by atoms with E-state index in [1.807, 2.05) is 29.2 Å². The third-order valence-electron chi connectivity index (χ3n) is 3.56. The Bertz CT molecular complexity index is 649. The lowest BCUT2D eigenvalue weighted by atomic mass is 10.1. The molecular weight excluding hydrogens is 282 g/mol. The van der Waals surface area contributed by atoms with E-state index in [1.165, 1.54) is 17.1 Å². The van der Waals surface area contributed by atoms with Crippen LogP contribution in [0.5, 0.6) is 0 Å². The van der Waals surface area contributed by atoms with E-state index in [-0.39, 0.29) is 12.1 Å². The topological polar surface area (TPSA) is 36.4 Å². The molecule has 0 fully saturated rings. The highest BCUT2D eigenvalue weighted by atomic mass is 32.1. The zero-order chi connectivity index (χ0) is 14.8. The Morgan fingerprint density at radius 2 is 2.05 bits per heavy atom. The molecule has 3 rings (SSSR count). The van der Waals surface area contributed by atoms with Crippen LogP contribution in [0.2, 0.25) is 0 Å². The lowest BCUT2D eigenvalue weighted by Gasteiger charge is -2.28. The standard InChI is InChI=1S/C16H17N3OS/c1-18(2)16(20)19-11-13(15-8-9-17-21-15)10-14(19)12-6-4-3-5-7-12/h3-10,14H,11H2,1-2H3/t14-/m0/s1. The second-order valence-corrected chi connectivity index (χ2v) is 6.06. The molecule has 0 saturated heterocycles. The third kappa shape index (κ3) is 2.69. The molecule has 1 aromatic carbocycles. The van der Waals surface area contributed by atoms with Crippen LogP contribution in [0.3, 0.4) is 0 Å². The molecule has 2 aromatic rings. The molecule has 0 unspecified atom stereocenters. The van der Waals surface area contributed by atoms with Crippen LogP contribution in [0.1, 0.15) is 16.5 Å². The van der Waals surface area contributed by atoms with Gasteiger partial charge in [0.15, 0.2) is 0 Å². The summed E-state index contributed by atoms with van der Waals surface area (Å²) in [6, 6.07) is 12.1. The number of rotatable bonds is 2. The summed E-state index contributed by atoms with van der Waals surface area (Å²) >= 11 is 1.47. The Morgan fingerprint density at radius 3 is 2.67 bits per heavy atom. The number of amides is 2. The largest absolute Gasteiger partial charge is 0.331 e. The summed E-state index contributed by atoms with van der Waals surface area (Å²) in [4.78, 5) is 17.1. The van der Waals surface area contributed by atoms with E-state index in [9.17, 15) is 4.79 Å². The minimum atomic E-state index is -0.0156. The minimum absolute atomic E-state index is 0.0156. The van der Waals surface area contributed by atoms with Crippen molar-refractivity contribution in [2.45, 2.75) is 6.04 Å². The summed E-state index contributed by atoms with van der Waals surface area (Å²) in [7, 11) is 3.57. The number of benzene rings is 1. The highest BCUT2D eigenvalue weighted by Crippen LogP contribution is 2.35. The molecule has 2 heterocycles. The molecule has 2 amide bonds. The number of nitrogens with zero attached hydrogens (tertiary/aromatic N) is 3. The van der Waals surface area contributed by atoms with Crippen LogP contribution in [-0.2, 0) is 0 Å². The maximum Gasteiger partial charge on any atom is 0.320 e. The van der Waals surface area contributed by atoms with Crippen LogP contribution >= 0.6 is 11.5 Å². The lowest BCUT2D eigenvalue weighted by molar-refractivity contribution is 0.170. The van der Waals surface area contributed by atoms with Gasteiger partial charge in [-0.2, -0.15) is 0 Å². The maximum atomic E-state index is 12.5. The molecule has 0 N–H and O–H groups in total. The van der Waals surface area contributed by atoms with Crippen molar-refractivity contribution in [3.8, 4) is 0 Å². The smallest absolute Gasteiger partial charge is 0.320 e. The van der Waals surface area contributed by atoms with Gasteiger partial charge in [0.1, 0.15) is 0 Å². The molecule has 4 nitrogen and oxygen atoms in total. The summed E-state index contributed by atoms with van der Waals surface area (Å²) in [5.41, 5.74) is 2.30.